The summed E-state index contributed by atoms with van der Waals surface area (Å²) in [6, 6.07) is 0.374. The van der Waals surface area contributed by atoms with Gasteiger partial charge < -0.3 is 10.1 Å². The van der Waals surface area contributed by atoms with Crippen LogP contribution in [0.3, 0.4) is 0 Å². The second-order valence-corrected chi connectivity index (χ2v) is 6.72. The molecule has 2 unspecified atom stereocenters. The maximum absolute atomic E-state index is 12.1. The molecule has 0 saturated carbocycles. The van der Waals surface area contributed by atoms with E-state index in [9.17, 15) is 13.2 Å². The van der Waals surface area contributed by atoms with Crippen molar-refractivity contribution in [3.05, 3.63) is 0 Å². The second kappa shape index (κ2) is 7.79. The van der Waals surface area contributed by atoms with Crippen molar-refractivity contribution >= 4 is 0 Å². The van der Waals surface area contributed by atoms with Crippen LogP contribution in [0, 0.1) is 5.92 Å². The fourth-order valence-corrected chi connectivity index (χ4v) is 2.77. The summed E-state index contributed by atoms with van der Waals surface area (Å²) in [5.74, 6) is 0.571. The quantitative estimate of drug-likeness (QED) is 0.732. The molecule has 0 aromatic heterocycles. The van der Waals surface area contributed by atoms with Crippen molar-refractivity contribution in [2.75, 3.05) is 32.8 Å². The van der Waals surface area contributed by atoms with Crippen LogP contribution in [0.15, 0.2) is 0 Å². The molecule has 21 heavy (non-hydrogen) atoms. The van der Waals surface area contributed by atoms with Gasteiger partial charge in [-0.3, -0.25) is 4.90 Å². The molecule has 0 aliphatic carbocycles. The number of nitrogens with one attached hydrogen (secondary N) is 1. The number of alkyl halides is 3. The summed E-state index contributed by atoms with van der Waals surface area (Å²) in [5.41, 5.74) is 0.0392. The maximum Gasteiger partial charge on any atom is 0.411 e. The number of halogens is 3. The van der Waals surface area contributed by atoms with Crippen LogP contribution in [-0.2, 0) is 4.74 Å². The summed E-state index contributed by atoms with van der Waals surface area (Å²) in [6.45, 7) is 9.93. The lowest BCUT2D eigenvalue weighted by molar-refractivity contribution is -0.175. The van der Waals surface area contributed by atoms with Gasteiger partial charge in [0.25, 0.3) is 0 Å². The Morgan fingerprint density at radius 1 is 1.38 bits per heavy atom. The van der Waals surface area contributed by atoms with Crippen LogP contribution in [0.4, 0.5) is 13.2 Å². The summed E-state index contributed by atoms with van der Waals surface area (Å²) >= 11 is 0. The smallest absolute Gasteiger partial charge is 0.371 e. The number of piperazine rings is 1. The monoisotopic (exact) mass is 310 g/mol. The van der Waals surface area contributed by atoms with Crippen molar-refractivity contribution in [3.8, 4) is 0 Å². The summed E-state index contributed by atoms with van der Waals surface area (Å²) in [5, 5.41) is 3.58. The van der Waals surface area contributed by atoms with Crippen LogP contribution >= 0.6 is 0 Å². The van der Waals surface area contributed by atoms with Gasteiger partial charge in [0.05, 0.1) is 6.61 Å². The number of hydrogen-bond donors (Lipinski definition) is 1. The first-order valence-electron chi connectivity index (χ1n) is 7.79. The van der Waals surface area contributed by atoms with Crippen molar-refractivity contribution in [2.24, 2.45) is 5.92 Å². The van der Waals surface area contributed by atoms with Gasteiger partial charge in [0, 0.05) is 31.2 Å². The Labute approximate surface area is 126 Å². The summed E-state index contributed by atoms with van der Waals surface area (Å²) in [6.07, 6.45) is -2.19. The fourth-order valence-electron chi connectivity index (χ4n) is 2.77. The lowest BCUT2D eigenvalue weighted by atomic mass is 9.91. The van der Waals surface area contributed by atoms with Crippen LogP contribution in [-0.4, -0.2) is 55.5 Å². The van der Waals surface area contributed by atoms with Gasteiger partial charge >= 0.3 is 6.18 Å². The van der Waals surface area contributed by atoms with Gasteiger partial charge in [0.2, 0.25) is 0 Å². The SMILES string of the molecule is CCC1(C)CN(CCOCC(F)(F)F)C(CC(C)C)CN1. The molecule has 1 rings (SSSR count). The first-order chi connectivity index (χ1) is 9.65. The lowest BCUT2D eigenvalue weighted by Gasteiger charge is -2.46. The molecule has 0 radical (unpaired) electrons. The molecule has 0 bridgehead atoms. The molecule has 1 N–H and O–H groups in total. The van der Waals surface area contributed by atoms with E-state index in [0.29, 0.717) is 18.5 Å². The normalized spacial score (nSPS) is 28.3. The van der Waals surface area contributed by atoms with Crippen LogP contribution in [0.5, 0.6) is 0 Å². The highest BCUT2D eigenvalue weighted by Gasteiger charge is 2.34. The largest absolute Gasteiger partial charge is 0.411 e. The van der Waals surface area contributed by atoms with E-state index in [2.05, 4.69) is 37.9 Å². The topological polar surface area (TPSA) is 24.5 Å². The number of ether oxygens (including phenoxy) is 1. The maximum atomic E-state index is 12.1. The standard InChI is InChI=1S/C15H29F3N2O/c1-5-14(4)10-20(6-7-21-11-15(16,17)18)13(9-19-14)8-12(2)3/h12-13,19H,5-11H2,1-4H3. The van der Waals surface area contributed by atoms with Crippen molar-refractivity contribution in [1.82, 2.24) is 10.2 Å². The zero-order valence-electron chi connectivity index (χ0n) is 13.6. The molecule has 3 nitrogen and oxygen atoms in total. The number of hydrogen-bond acceptors (Lipinski definition) is 3. The van der Waals surface area contributed by atoms with Crippen LogP contribution in [0.25, 0.3) is 0 Å². The average Bonchev–Trinajstić information content (AvgIpc) is 2.36. The minimum atomic E-state index is -4.24. The van der Waals surface area contributed by atoms with Gasteiger partial charge in [-0.1, -0.05) is 20.8 Å². The van der Waals surface area contributed by atoms with E-state index in [0.717, 1.165) is 25.9 Å². The van der Waals surface area contributed by atoms with Gasteiger partial charge in [-0.15, -0.1) is 0 Å². The van der Waals surface area contributed by atoms with Crippen LogP contribution in [0.2, 0.25) is 0 Å². The molecular weight excluding hydrogens is 281 g/mol. The van der Waals surface area contributed by atoms with Crippen molar-refractivity contribution in [2.45, 2.75) is 58.3 Å². The van der Waals surface area contributed by atoms with Crippen molar-refractivity contribution in [1.29, 1.82) is 0 Å². The van der Waals surface area contributed by atoms with Gasteiger partial charge in [-0.25, -0.2) is 0 Å². The first-order valence-corrected chi connectivity index (χ1v) is 7.79. The Morgan fingerprint density at radius 2 is 2.05 bits per heavy atom. The summed E-state index contributed by atoms with van der Waals surface area (Å²) in [7, 11) is 0. The van der Waals surface area contributed by atoms with E-state index in [1.54, 1.807) is 0 Å². The highest BCUT2D eigenvalue weighted by Crippen LogP contribution is 2.22. The number of nitrogens with zero attached hydrogens (tertiary/aromatic N) is 1. The second-order valence-electron chi connectivity index (χ2n) is 6.72. The molecule has 126 valence electrons. The van der Waals surface area contributed by atoms with E-state index in [1.807, 2.05) is 0 Å². The predicted octanol–water partition coefficient (Wildman–Crippen LogP) is 3.05. The van der Waals surface area contributed by atoms with Gasteiger partial charge in [0.1, 0.15) is 6.61 Å². The molecule has 2 atom stereocenters. The third-order valence-electron chi connectivity index (χ3n) is 4.15. The molecule has 0 amide bonds. The molecule has 0 aromatic carbocycles. The van der Waals surface area contributed by atoms with E-state index in [4.69, 9.17) is 4.74 Å². The zero-order chi connectivity index (χ0) is 16.1. The lowest BCUT2D eigenvalue weighted by Crippen LogP contribution is -2.63. The van der Waals surface area contributed by atoms with Gasteiger partial charge in [-0.2, -0.15) is 13.2 Å². The van der Waals surface area contributed by atoms with E-state index in [-0.39, 0.29) is 12.1 Å². The number of rotatable bonds is 7. The van der Waals surface area contributed by atoms with E-state index < -0.39 is 12.8 Å². The molecule has 1 aliphatic rings. The molecule has 1 aliphatic heterocycles. The third kappa shape index (κ3) is 6.98. The van der Waals surface area contributed by atoms with Crippen molar-refractivity contribution in [3.63, 3.8) is 0 Å². The van der Waals surface area contributed by atoms with Crippen molar-refractivity contribution < 1.29 is 17.9 Å². The van der Waals surface area contributed by atoms with E-state index in [1.165, 1.54) is 0 Å². The Kier molecular flexibility index (Phi) is 6.94. The van der Waals surface area contributed by atoms with Crippen LogP contribution < -0.4 is 5.32 Å². The Hall–Kier alpha value is -0.330. The Balaban J connectivity index is 2.50. The Morgan fingerprint density at radius 3 is 2.57 bits per heavy atom. The molecule has 1 fully saturated rings. The Bertz CT molecular complexity index is 310. The summed E-state index contributed by atoms with van der Waals surface area (Å²) < 4.78 is 41.1. The average molecular weight is 310 g/mol. The molecule has 6 heteroatoms. The van der Waals surface area contributed by atoms with Gasteiger partial charge in [0.15, 0.2) is 0 Å². The molecule has 1 saturated heterocycles. The molecule has 0 spiro atoms. The summed E-state index contributed by atoms with van der Waals surface area (Å²) in [4.78, 5) is 2.29. The highest BCUT2D eigenvalue weighted by atomic mass is 19.4. The van der Waals surface area contributed by atoms with Crippen LogP contribution in [0.1, 0.15) is 40.5 Å². The zero-order valence-corrected chi connectivity index (χ0v) is 13.6. The molecular formula is C15H29F3N2O. The minimum absolute atomic E-state index is 0.0392. The molecule has 0 aromatic rings. The third-order valence-corrected chi connectivity index (χ3v) is 4.15. The van der Waals surface area contributed by atoms with Gasteiger partial charge in [-0.05, 0) is 25.7 Å². The highest BCUT2D eigenvalue weighted by molar-refractivity contribution is 4.94. The molecule has 1 heterocycles. The predicted molar refractivity (Wildman–Crippen MR) is 78.4 cm³/mol. The van der Waals surface area contributed by atoms with E-state index >= 15 is 0 Å². The minimum Gasteiger partial charge on any atom is -0.371 e. The fraction of sp³-hybridized carbons (Fsp3) is 1.00. The first kappa shape index (κ1) is 18.7.